The average molecular weight is 384 g/mol. The van der Waals surface area contributed by atoms with Crippen molar-refractivity contribution < 1.29 is 23.5 Å². The summed E-state index contributed by atoms with van der Waals surface area (Å²) in [7, 11) is 0. The molecule has 2 aromatic carbocycles. The molecule has 146 valence electrons. The molecule has 0 aromatic heterocycles. The van der Waals surface area contributed by atoms with Crippen LogP contribution in [0.15, 0.2) is 47.6 Å². The molecule has 7 heteroatoms. The zero-order chi connectivity index (χ0) is 19.5. The smallest absolute Gasteiger partial charge is 0.264 e. The third kappa shape index (κ3) is 3.93. The number of halogens is 1. The maximum atomic E-state index is 13.4. The Morgan fingerprint density at radius 2 is 2.00 bits per heavy atom. The molecule has 2 heterocycles. The van der Waals surface area contributed by atoms with Crippen LogP contribution in [0.1, 0.15) is 36.9 Å². The number of nitrogens with one attached hydrogen (secondary N) is 1. The molecule has 28 heavy (non-hydrogen) atoms. The fraction of sp³-hybridized carbons (Fsp3) is 0.333. The van der Waals surface area contributed by atoms with Crippen molar-refractivity contribution in [2.45, 2.75) is 31.9 Å². The molecular weight excluding hydrogens is 363 g/mol. The Kier molecular flexibility index (Phi) is 5.14. The summed E-state index contributed by atoms with van der Waals surface area (Å²) in [5, 5.41) is 6.89. The molecule has 0 unspecified atom stereocenters. The molecule has 2 aliphatic heterocycles. The van der Waals surface area contributed by atoms with Crippen LogP contribution < -0.4 is 14.8 Å². The van der Waals surface area contributed by atoms with Crippen molar-refractivity contribution >= 4 is 11.6 Å². The number of hydrogen-bond donors (Lipinski definition) is 1. The highest BCUT2D eigenvalue weighted by Gasteiger charge is 2.30. The molecular formula is C21H21FN2O4. The van der Waals surface area contributed by atoms with Gasteiger partial charge in [-0.05, 0) is 36.8 Å². The van der Waals surface area contributed by atoms with Crippen molar-refractivity contribution in [2.24, 2.45) is 5.16 Å². The lowest BCUT2D eigenvalue weighted by atomic mass is 10.0. The highest BCUT2D eigenvalue weighted by Crippen LogP contribution is 2.32. The minimum Gasteiger partial charge on any atom is -0.490 e. The Balaban J connectivity index is 1.38. The van der Waals surface area contributed by atoms with Gasteiger partial charge in [-0.2, -0.15) is 0 Å². The van der Waals surface area contributed by atoms with Crippen LogP contribution in [-0.2, 0) is 9.63 Å². The summed E-state index contributed by atoms with van der Waals surface area (Å²) in [6.07, 6.45) is 0.396. The van der Waals surface area contributed by atoms with E-state index in [0.717, 1.165) is 12.0 Å². The fourth-order valence-electron chi connectivity index (χ4n) is 3.20. The lowest BCUT2D eigenvalue weighted by Gasteiger charge is -2.18. The summed E-state index contributed by atoms with van der Waals surface area (Å²) in [5.41, 5.74) is 2.08. The molecule has 0 radical (unpaired) electrons. The summed E-state index contributed by atoms with van der Waals surface area (Å²) < 4.78 is 24.7. The molecule has 0 spiro atoms. The first-order valence-electron chi connectivity index (χ1n) is 9.29. The minimum absolute atomic E-state index is 0.244. The lowest BCUT2D eigenvalue weighted by molar-refractivity contribution is -0.131. The Morgan fingerprint density at radius 3 is 2.82 bits per heavy atom. The molecule has 4 rings (SSSR count). The van der Waals surface area contributed by atoms with Crippen LogP contribution in [0.4, 0.5) is 4.39 Å². The highest BCUT2D eigenvalue weighted by atomic mass is 19.1. The van der Waals surface area contributed by atoms with Gasteiger partial charge in [0.1, 0.15) is 5.82 Å². The predicted octanol–water partition coefficient (Wildman–Crippen LogP) is 3.36. The number of benzene rings is 2. The van der Waals surface area contributed by atoms with Gasteiger partial charge in [0.2, 0.25) is 6.10 Å². The van der Waals surface area contributed by atoms with Gasteiger partial charge in [0, 0.05) is 18.4 Å². The van der Waals surface area contributed by atoms with E-state index in [2.05, 4.69) is 10.5 Å². The Bertz CT molecular complexity index is 915. The Morgan fingerprint density at radius 1 is 1.18 bits per heavy atom. The van der Waals surface area contributed by atoms with Crippen LogP contribution in [0, 0.1) is 5.82 Å². The van der Waals surface area contributed by atoms with Gasteiger partial charge in [0.25, 0.3) is 5.91 Å². The summed E-state index contributed by atoms with van der Waals surface area (Å²) in [5.74, 6) is 0.780. The minimum atomic E-state index is -0.735. The standard InChI is InChI=1S/C21H21FN2O4/c1-13(14-6-7-18-19(11-14)27-9-3-8-26-18)23-21(25)20-12-17(24-28-20)15-4-2-5-16(22)10-15/h2,4-7,10-11,13,20H,3,8-9,12H2,1H3,(H,23,25)/t13-,20+/m1/s1. The molecule has 6 nitrogen and oxygen atoms in total. The van der Waals surface area contributed by atoms with Crippen LogP contribution in [-0.4, -0.2) is 30.9 Å². The highest BCUT2D eigenvalue weighted by molar-refractivity contribution is 6.04. The number of amides is 1. The van der Waals surface area contributed by atoms with E-state index in [1.807, 2.05) is 25.1 Å². The molecule has 2 atom stereocenters. The average Bonchev–Trinajstić information content (AvgIpc) is 3.07. The second-order valence-electron chi connectivity index (χ2n) is 6.83. The first kappa shape index (κ1) is 18.3. The second kappa shape index (κ2) is 7.88. The van der Waals surface area contributed by atoms with Crippen LogP contribution in [0.3, 0.4) is 0 Å². The van der Waals surface area contributed by atoms with Crippen LogP contribution in [0.5, 0.6) is 11.5 Å². The van der Waals surface area contributed by atoms with E-state index in [-0.39, 0.29) is 17.8 Å². The van der Waals surface area contributed by atoms with E-state index in [0.29, 0.717) is 42.4 Å². The largest absolute Gasteiger partial charge is 0.490 e. The van der Waals surface area contributed by atoms with E-state index in [9.17, 15) is 9.18 Å². The number of nitrogens with zero attached hydrogens (tertiary/aromatic N) is 1. The van der Waals surface area contributed by atoms with E-state index in [1.54, 1.807) is 12.1 Å². The van der Waals surface area contributed by atoms with Crippen molar-refractivity contribution in [3.8, 4) is 11.5 Å². The maximum absolute atomic E-state index is 13.4. The zero-order valence-electron chi connectivity index (χ0n) is 15.5. The van der Waals surface area contributed by atoms with E-state index in [4.69, 9.17) is 14.3 Å². The third-order valence-corrected chi connectivity index (χ3v) is 4.75. The molecule has 0 fully saturated rings. The lowest BCUT2D eigenvalue weighted by Crippen LogP contribution is -2.36. The quantitative estimate of drug-likeness (QED) is 0.878. The monoisotopic (exact) mass is 384 g/mol. The van der Waals surface area contributed by atoms with Gasteiger partial charge in [0.15, 0.2) is 11.5 Å². The molecule has 0 aliphatic carbocycles. The molecule has 1 N–H and O–H groups in total. The van der Waals surface area contributed by atoms with E-state index >= 15 is 0 Å². The summed E-state index contributed by atoms with van der Waals surface area (Å²) in [4.78, 5) is 17.9. The van der Waals surface area contributed by atoms with Gasteiger partial charge in [-0.25, -0.2) is 4.39 Å². The van der Waals surface area contributed by atoms with Crippen molar-refractivity contribution in [3.05, 3.63) is 59.4 Å². The molecule has 0 saturated heterocycles. The van der Waals surface area contributed by atoms with Gasteiger partial charge in [0.05, 0.1) is 25.0 Å². The molecule has 2 aromatic rings. The first-order chi connectivity index (χ1) is 13.6. The fourth-order valence-corrected chi connectivity index (χ4v) is 3.20. The van der Waals surface area contributed by atoms with E-state index in [1.165, 1.54) is 12.1 Å². The zero-order valence-corrected chi connectivity index (χ0v) is 15.5. The van der Waals surface area contributed by atoms with Crippen LogP contribution in [0.25, 0.3) is 0 Å². The van der Waals surface area contributed by atoms with Gasteiger partial charge < -0.3 is 19.6 Å². The topological polar surface area (TPSA) is 69.2 Å². The summed E-state index contributed by atoms with van der Waals surface area (Å²) >= 11 is 0. The Labute approximate surface area is 162 Å². The Hall–Kier alpha value is -3.09. The van der Waals surface area contributed by atoms with Crippen LogP contribution >= 0.6 is 0 Å². The number of hydrogen-bond acceptors (Lipinski definition) is 5. The second-order valence-corrected chi connectivity index (χ2v) is 6.83. The normalized spacial score (nSPS) is 19.2. The first-order valence-corrected chi connectivity index (χ1v) is 9.29. The van der Waals surface area contributed by atoms with Gasteiger partial charge >= 0.3 is 0 Å². The van der Waals surface area contributed by atoms with Gasteiger partial charge in [-0.3, -0.25) is 4.79 Å². The SMILES string of the molecule is C[C@@H](NC(=O)[C@@H]1CC(c2cccc(F)c2)=NO1)c1ccc2c(c1)OCCCO2. The number of carbonyl (C=O) groups is 1. The maximum Gasteiger partial charge on any atom is 0.264 e. The summed E-state index contributed by atoms with van der Waals surface area (Å²) in [6.45, 7) is 3.12. The van der Waals surface area contributed by atoms with Crippen LogP contribution in [0.2, 0.25) is 0 Å². The number of rotatable bonds is 4. The van der Waals surface area contributed by atoms with Gasteiger partial charge in [-0.15, -0.1) is 0 Å². The van der Waals surface area contributed by atoms with Crippen molar-refractivity contribution in [2.75, 3.05) is 13.2 Å². The number of carbonyl (C=O) groups excluding carboxylic acids is 1. The van der Waals surface area contributed by atoms with Crippen molar-refractivity contribution in [3.63, 3.8) is 0 Å². The molecule has 0 saturated carbocycles. The third-order valence-electron chi connectivity index (χ3n) is 4.75. The van der Waals surface area contributed by atoms with E-state index < -0.39 is 6.10 Å². The number of oxime groups is 1. The van der Waals surface area contributed by atoms with Crippen molar-refractivity contribution in [1.82, 2.24) is 5.32 Å². The number of ether oxygens (including phenoxy) is 2. The molecule has 2 aliphatic rings. The molecule has 0 bridgehead atoms. The summed E-state index contributed by atoms with van der Waals surface area (Å²) in [6, 6.07) is 11.5. The molecule has 1 amide bonds. The van der Waals surface area contributed by atoms with Gasteiger partial charge in [-0.1, -0.05) is 23.4 Å². The number of fused-ring (bicyclic) bond motifs is 1. The van der Waals surface area contributed by atoms with Crippen molar-refractivity contribution in [1.29, 1.82) is 0 Å². The predicted molar refractivity (Wildman–Crippen MR) is 101 cm³/mol.